The molecule has 2 heterocycles. The van der Waals surface area contributed by atoms with Crippen LogP contribution in [0.5, 0.6) is 0 Å². The Labute approximate surface area is 98.5 Å². The largest absolute Gasteiger partial charge is 0.452 e. The molecule has 0 aliphatic rings. The lowest BCUT2D eigenvalue weighted by molar-refractivity contribution is 0.653. The van der Waals surface area contributed by atoms with Crippen LogP contribution in [0, 0.1) is 0 Å². The SMILES string of the molecule is NCCCc1ncnc2c1oc1ccccc12. The minimum absolute atomic E-state index is 0.658. The van der Waals surface area contributed by atoms with E-state index in [1.165, 1.54) is 0 Å². The first-order valence-corrected chi connectivity index (χ1v) is 5.71. The zero-order valence-corrected chi connectivity index (χ0v) is 9.39. The molecule has 0 aliphatic carbocycles. The fraction of sp³-hybridized carbons (Fsp3) is 0.231. The van der Waals surface area contributed by atoms with Crippen molar-refractivity contribution in [1.82, 2.24) is 9.97 Å². The third kappa shape index (κ3) is 1.66. The van der Waals surface area contributed by atoms with Gasteiger partial charge in [0, 0.05) is 5.39 Å². The van der Waals surface area contributed by atoms with Crippen molar-refractivity contribution in [2.24, 2.45) is 5.73 Å². The van der Waals surface area contributed by atoms with Crippen LogP contribution in [0.1, 0.15) is 12.1 Å². The minimum atomic E-state index is 0.658. The number of rotatable bonds is 3. The summed E-state index contributed by atoms with van der Waals surface area (Å²) in [6.07, 6.45) is 3.33. The molecule has 2 N–H and O–H groups in total. The van der Waals surface area contributed by atoms with Gasteiger partial charge in [0.1, 0.15) is 17.4 Å². The van der Waals surface area contributed by atoms with Crippen LogP contribution in [-0.4, -0.2) is 16.5 Å². The molecule has 86 valence electrons. The summed E-state index contributed by atoms with van der Waals surface area (Å²) < 4.78 is 5.81. The zero-order chi connectivity index (χ0) is 11.7. The predicted molar refractivity (Wildman–Crippen MR) is 66.7 cm³/mol. The molecule has 0 saturated heterocycles. The standard InChI is InChI=1S/C13H13N3O/c14-7-3-5-10-13-12(16-8-15-10)9-4-1-2-6-11(9)17-13/h1-2,4,6,8H,3,5,7,14H2. The maximum absolute atomic E-state index is 5.81. The molecular weight excluding hydrogens is 214 g/mol. The second-order valence-electron chi connectivity index (χ2n) is 3.99. The van der Waals surface area contributed by atoms with E-state index in [2.05, 4.69) is 9.97 Å². The van der Waals surface area contributed by atoms with Crippen molar-refractivity contribution < 1.29 is 4.42 Å². The first-order valence-electron chi connectivity index (χ1n) is 5.71. The summed E-state index contributed by atoms with van der Waals surface area (Å²) in [6, 6.07) is 7.90. The number of benzene rings is 1. The average molecular weight is 227 g/mol. The number of hydrogen-bond acceptors (Lipinski definition) is 4. The van der Waals surface area contributed by atoms with Gasteiger partial charge >= 0.3 is 0 Å². The summed E-state index contributed by atoms with van der Waals surface area (Å²) in [5, 5.41) is 1.04. The topological polar surface area (TPSA) is 64.9 Å². The second-order valence-corrected chi connectivity index (χ2v) is 3.99. The number of fused-ring (bicyclic) bond motifs is 3. The zero-order valence-electron chi connectivity index (χ0n) is 9.39. The van der Waals surface area contributed by atoms with Crippen molar-refractivity contribution in [3.63, 3.8) is 0 Å². The second kappa shape index (κ2) is 4.14. The predicted octanol–water partition coefficient (Wildman–Crippen LogP) is 2.27. The van der Waals surface area contributed by atoms with Gasteiger partial charge in [0.2, 0.25) is 0 Å². The van der Waals surface area contributed by atoms with E-state index in [1.54, 1.807) is 6.33 Å². The van der Waals surface area contributed by atoms with Crippen LogP contribution in [0.2, 0.25) is 0 Å². The third-order valence-electron chi connectivity index (χ3n) is 2.85. The van der Waals surface area contributed by atoms with Gasteiger partial charge in [-0.25, -0.2) is 9.97 Å². The molecule has 2 aromatic heterocycles. The van der Waals surface area contributed by atoms with Crippen LogP contribution in [-0.2, 0) is 6.42 Å². The highest BCUT2D eigenvalue weighted by Crippen LogP contribution is 2.28. The van der Waals surface area contributed by atoms with Gasteiger partial charge in [-0.15, -0.1) is 0 Å². The Morgan fingerprint density at radius 3 is 2.94 bits per heavy atom. The molecule has 0 spiro atoms. The van der Waals surface area contributed by atoms with Crippen molar-refractivity contribution in [3.05, 3.63) is 36.3 Å². The molecule has 4 heteroatoms. The van der Waals surface area contributed by atoms with Crippen molar-refractivity contribution in [2.45, 2.75) is 12.8 Å². The number of para-hydroxylation sites is 1. The molecular formula is C13H13N3O. The Kier molecular flexibility index (Phi) is 2.49. The van der Waals surface area contributed by atoms with E-state index in [1.807, 2.05) is 24.3 Å². The van der Waals surface area contributed by atoms with E-state index in [-0.39, 0.29) is 0 Å². The van der Waals surface area contributed by atoms with Crippen molar-refractivity contribution in [1.29, 1.82) is 0 Å². The molecule has 0 fully saturated rings. The first kappa shape index (κ1) is 10.2. The van der Waals surface area contributed by atoms with E-state index in [0.717, 1.165) is 40.6 Å². The van der Waals surface area contributed by atoms with Crippen molar-refractivity contribution in [2.75, 3.05) is 6.54 Å². The molecule has 0 saturated carbocycles. The van der Waals surface area contributed by atoms with Gasteiger partial charge in [0.25, 0.3) is 0 Å². The number of aromatic nitrogens is 2. The molecule has 0 aliphatic heterocycles. The number of aryl methyl sites for hydroxylation is 1. The summed E-state index contributed by atoms with van der Waals surface area (Å²) in [4.78, 5) is 8.58. The van der Waals surface area contributed by atoms with E-state index >= 15 is 0 Å². The Hall–Kier alpha value is -1.94. The Morgan fingerprint density at radius 1 is 1.18 bits per heavy atom. The van der Waals surface area contributed by atoms with E-state index in [9.17, 15) is 0 Å². The van der Waals surface area contributed by atoms with Gasteiger partial charge < -0.3 is 10.2 Å². The average Bonchev–Trinajstić information content (AvgIpc) is 2.75. The van der Waals surface area contributed by atoms with Crippen LogP contribution in [0.4, 0.5) is 0 Å². The van der Waals surface area contributed by atoms with Crippen molar-refractivity contribution >= 4 is 22.1 Å². The fourth-order valence-corrected chi connectivity index (χ4v) is 2.02. The highest BCUT2D eigenvalue weighted by Gasteiger charge is 2.11. The molecule has 1 aromatic carbocycles. The summed E-state index contributed by atoms with van der Waals surface area (Å²) in [5.41, 5.74) is 9.01. The summed E-state index contributed by atoms with van der Waals surface area (Å²) in [5.74, 6) is 0. The first-order chi connectivity index (χ1) is 8.40. The van der Waals surface area contributed by atoms with Crippen LogP contribution < -0.4 is 5.73 Å². The van der Waals surface area contributed by atoms with Gasteiger partial charge in [-0.2, -0.15) is 0 Å². The smallest absolute Gasteiger partial charge is 0.175 e. The van der Waals surface area contributed by atoms with Crippen LogP contribution in [0.3, 0.4) is 0 Å². The normalized spacial score (nSPS) is 11.4. The lowest BCUT2D eigenvalue weighted by Crippen LogP contribution is -2.01. The van der Waals surface area contributed by atoms with E-state index < -0.39 is 0 Å². The van der Waals surface area contributed by atoms with Gasteiger partial charge in [-0.3, -0.25) is 0 Å². The van der Waals surface area contributed by atoms with Crippen LogP contribution in [0.15, 0.2) is 35.0 Å². The molecule has 0 unspecified atom stereocenters. The highest BCUT2D eigenvalue weighted by atomic mass is 16.3. The summed E-state index contributed by atoms with van der Waals surface area (Å²) >= 11 is 0. The number of furan rings is 1. The number of nitrogens with zero attached hydrogens (tertiary/aromatic N) is 2. The van der Waals surface area contributed by atoms with Crippen LogP contribution >= 0.6 is 0 Å². The monoisotopic (exact) mass is 227 g/mol. The third-order valence-corrected chi connectivity index (χ3v) is 2.85. The minimum Gasteiger partial charge on any atom is -0.452 e. The maximum Gasteiger partial charge on any atom is 0.175 e. The Morgan fingerprint density at radius 2 is 2.06 bits per heavy atom. The molecule has 0 bridgehead atoms. The van der Waals surface area contributed by atoms with E-state index in [4.69, 9.17) is 10.2 Å². The summed E-state index contributed by atoms with van der Waals surface area (Å²) in [7, 11) is 0. The molecule has 17 heavy (non-hydrogen) atoms. The Balaban J connectivity index is 2.24. The molecule has 0 radical (unpaired) electrons. The molecule has 0 atom stereocenters. The van der Waals surface area contributed by atoms with Crippen molar-refractivity contribution in [3.8, 4) is 0 Å². The van der Waals surface area contributed by atoms with Gasteiger partial charge in [-0.05, 0) is 31.5 Å². The molecule has 0 amide bonds. The van der Waals surface area contributed by atoms with E-state index in [0.29, 0.717) is 6.54 Å². The molecule has 4 nitrogen and oxygen atoms in total. The molecule has 3 rings (SSSR count). The number of hydrogen-bond donors (Lipinski definition) is 1. The fourth-order valence-electron chi connectivity index (χ4n) is 2.02. The Bertz CT molecular complexity index is 660. The lowest BCUT2D eigenvalue weighted by atomic mass is 10.2. The van der Waals surface area contributed by atoms with Gasteiger partial charge in [0.05, 0.1) is 5.69 Å². The quantitative estimate of drug-likeness (QED) is 0.745. The highest BCUT2D eigenvalue weighted by molar-refractivity contribution is 6.02. The van der Waals surface area contributed by atoms with Crippen LogP contribution in [0.25, 0.3) is 22.1 Å². The lowest BCUT2D eigenvalue weighted by Gasteiger charge is -1.98. The van der Waals surface area contributed by atoms with Gasteiger partial charge in [-0.1, -0.05) is 12.1 Å². The molecule has 3 aromatic rings. The van der Waals surface area contributed by atoms with Gasteiger partial charge in [0.15, 0.2) is 5.58 Å². The summed E-state index contributed by atoms with van der Waals surface area (Å²) in [6.45, 7) is 0.658. The number of nitrogens with two attached hydrogens (primary N) is 1. The maximum atomic E-state index is 5.81.